The first-order chi connectivity index (χ1) is 11.7. The van der Waals surface area contributed by atoms with Gasteiger partial charge in [0, 0.05) is 31.6 Å². The maximum Gasteiger partial charge on any atom is 0.256 e. The summed E-state index contributed by atoms with van der Waals surface area (Å²) in [6.07, 6.45) is 2.38. The number of likely N-dealkylation sites (tertiary alicyclic amines) is 1. The largest absolute Gasteiger partial charge is 0.378 e. The second-order valence-electron chi connectivity index (χ2n) is 6.25. The molecule has 130 valence electrons. The monoisotopic (exact) mass is 364 g/mol. The maximum absolute atomic E-state index is 12.5. The van der Waals surface area contributed by atoms with Crippen LogP contribution in [0.15, 0.2) is 17.5 Å². The minimum atomic E-state index is -0.0130. The summed E-state index contributed by atoms with van der Waals surface area (Å²) in [5.74, 6) is 0.508. The van der Waals surface area contributed by atoms with Crippen LogP contribution < -0.4 is 10.6 Å². The first-order valence-corrected chi connectivity index (χ1v) is 9.99. The fraction of sp³-hybridized carbons (Fsp3) is 0.529. The average Bonchev–Trinajstić information content (AvgIpc) is 3.22. The van der Waals surface area contributed by atoms with Gasteiger partial charge in [-0.2, -0.15) is 4.37 Å². The summed E-state index contributed by atoms with van der Waals surface area (Å²) in [6.45, 7) is 5.85. The Hall–Kier alpha value is -1.44. The molecule has 1 amide bonds. The Balaban J connectivity index is 1.52. The van der Waals surface area contributed by atoms with Crippen molar-refractivity contribution in [2.24, 2.45) is 5.92 Å². The molecule has 24 heavy (non-hydrogen) atoms. The van der Waals surface area contributed by atoms with E-state index in [0.717, 1.165) is 36.9 Å². The molecule has 0 saturated carbocycles. The third kappa shape index (κ3) is 4.15. The number of carbonyl (C=O) groups excluding carboxylic acids is 1. The molecule has 5 nitrogen and oxygen atoms in total. The second-order valence-corrected chi connectivity index (χ2v) is 8.06. The van der Waals surface area contributed by atoms with Gasteiger partial charge in [-0.3, -0.25) is 9.69 Å². The number of aromatic nitrogens is 1. The molecule has 0 unspecified atom stereocenters. The molecule has 1 atom stereocenters. The molecule has 1 aliphatic heterocycles. The van der Waals surface area contributed by atoms with Crippen molar-refractivity contribution in [1.82, 2.24) is 14.6 Å². The predicted octanol–water partition coefficient (Wildman–Crippen LogP) is 3.20. The lowest BCUT2D eigenvalue weighted by Crippen LogP contribution is -2.40. The molecular formula is C17H24N4OS2. The Labute approximate surface area is 151 Å². The highest BCUT2D eigenvalue weighted by Crippen LogP contribution is 2.24. The molecule has 0 radical (unpaired) electrons. The standard InChI is InChI=1S/C17H24N4OS2/c1-12-15(17(18-2)24-20-12)16(22)19-9-13-5-3-7-21(10-13)11-14-6-4-8-23-14/h4,6,8,13,18H,3,5,7,9-11H2,1-2H3,(H,19,22)/t13-/m0/s1. The number of amides is 1. The van der Waals surface area contributed by atoms with Crippen molar-refractivity contribution in [2.45, 2.75) is 26.3 Å². The zero-order valence-electron chi connectivity index (χ0n) is 14.2. The smallest absolute Gasteiger partial charge is 0.256 e. The summed E-state index contributed by atoms with van der Waals surface area (Å²) in [7, 11) is 1.83. The summed E-state index contributed by atoms with van der Waals surface area (Å²) in [4.78, 5) is 16.4. The minimum absolute atomic E-state index is 0.0130. The fourth-order valence-electron chi connectivity index (χ4n) is 3.22. The van der Waals surface area contributed by atoms with Crippen LogP contribution in [-0.2, 0) is 6.54 Å². The van der Waals surface area contributed by atoms with Crippen LogP contribution >= 0.6 is 22.9 Å². The van der Waals surface area contributed by atoms with Crippen LogP contribution in [0.2, 0.25) is 0 Å². The topological polar surface area (TPSA) is 57.3 Å². The van der Waals surface area contributed by atoms with E-state index >= 15 is 0 Å². The van der Waals surface area contributed by atoms with Crippen LogP contribution in [0.5, 0.6) is 0 Å². The third-order valence-electron chi connectivity index (χ3n) is 4.43. The van der Waals surface area contributed by atoms with E-state index in [1.54, 1.807) is 0 Å². The molecule has 0 aliphatic carbocycles. The summed E-state index contributed by atoms with van der Waals surface area (Å²) in [5.41, 5.74) is 1.48. The van der Waals surface area contributed by atoms with Crippen molar-refractivity contribution in [3.05, 3.63) is 33.6 Å². The highest BCUT2D eigenvalue weighted by Gasteiger charge is 2.22. The second kappa shape index (κ2) is 8.09. The normalized spacial score (nSPS) is 18.5. The lowest BCUT2D eigenvalue weighted by atomic mass is 9.98. The van der Waals surface area contributed by atoms with Crippen molar-refractivity contribution in [3.63, 3.8) is 0 Å². The molecule has 2 aromatic heterocycles. The van der Waals surface area contributed by atoms with Gasteiger partial charge < -0.3 is 10.6 Å². The molecule has 3 heterocycles. The summed E-state index contributed by atoms with van der Waals surface area (Å²) in [6, 6.07) is 4.31. The van der Waals surface area contributed by atoms with E-state index in [4.69, 9.17) is 0 Å². The van der Waals surface area contributed by atoms with E-state index in [0.29, 0.717) is 11.5 Å². The molecule has 7 heteroatoms. The average molecular weight is 365 g/mol. The number of piperidine rings is 1. The Bertz CT molecular complexity index is 668. The van der Waals surface area contributed by atoms with E-state index in [1.807, 2.05) is 25.3 Å². The molecule has 1 saturated heterocycles. The van der Waals surface area contributed by atoms with E-state index in [9.17, 15) is 4.79 Å². The fourth-order valence-corrected chi connectivity index (χ4v) is 4.71. The lowest BCUT2D eigenvalue weighted by Gasteiger charge is -2.32. The molecule has 3 rings (SSSR count). The van der Waals surface area contributed by atoms with Gasteiger partial charge in [-0.15, -0.1) is 11.3 Å². The van der Waals surface area contributed by atoms with Crippen LogP contribution in [-0.4, -0.2) is 41.9 Å². The number of carbonyl (C=O) groups is 1. The van der Waals surface area contributed by atoms with Crippen molar-refractivity contribution >= 4 is 33.8 Å². The Morgan fingerprint density at radius 1 is 1.50 bits per heavy atom. The molecule has 0 spiro atoms. The third-order valence-corrected chi connectivity index (χ3v) is 6.25. The number of nitrogens with zero attached hydrogens (tertiary/aromatic N) is 2. The highest BCUT2D eigenvalue weighted by atomic mass is 32.1. The number of aryl methyl sites for hydroxylation is 1. The van der Waals surface area contributed by atoms with Gasteiger partial charge in [-0.05, 0) is 55.2 Å². The Kier molecular flexibility index (Phi) is 5.86. The van der Waals surface area contributed by atoms with Crippen molar-refractivity contribution in [2.75, 3.05) is 32.0 Å². The van der Waals surface area contributed by atoms with Gasteiger partial charge in [-0.25, -0.2) is 0 Å². The number of hydrogen-bond donors (Lipinski definition) is 2. The van der Waals surface area contributed by atoms with Crippen LogP contribution in [0, 0.1) is 12.8 Å². The van der Waals surface area contributed by atoms with Gasteiger partial charge in [0.2, 0.25) is 0 Å². The lowest BCUT2D eigenvalue weighted by molar-refractivity contribution is 0.0931. The van der Waals surface area contributed by atoms with Crippen LogP contribution in [0.4, 0.5) is 5.00 Å². The number of rotatable bonds is 6. The Morgan fingerprint density at radius 3 is 3.12 bits per heavy atom. The zero-order valence-corrected chi connectivity index (χ0v) is 15.8. The Morgan fingerprint density at radius 2 is 2.38 bits per heavy atom. The van der Waals surface area contributed by atoms with Gasteiger partial charge in [0.05, 0.1) is 11.3 Å². The van der Waals surface area contributed by atoms with Crippen molar-refractivity contribution < 1.29 is 4.79 Å². The van der Waals surface area contributed by atoms with Crippen molar-refractivity contribution in [1.29, 1.82) is 0 Å². The van der Waals surface area contributed by atoms with Crippen LogP contribution in [0.1, 0.15) is 33.8 Å². The van der Waals surface area contributed by atoms with Crippen molar-refractivity contribution in [3.8, 4) is 0 Å². The molecule has 1 aliphatic rings. The summed E-state index contributed by atoms with van der Waals surface area (Å²) < 4.78 is 4.27. The first-order valence-electron chi connectivity index (χ1n) is 8.34. The maximum atomic E-state index is 12.5. The zero-order chi connectivity index (χ0) is 16.9. The number of thiophene rings is 1. The molecule has 1 fully saturated rings. The number of anilines is 1. The van der Waals surface area contributed by atoms with Crippen LogP contribution in [0.25, 0.3) is 0 Å². The van der Waals surface area contributed by atoms with Gasteiger partial charge in [0.1, 0.15) is 5.00 Å². The quantitative estimate of drug-likeness (QED) is 0.826. The van der Waals surface area contributed by atoms with Gasteiger partial charge >= 0.3 is 0 Å². The van der Waals surface area contributed by atoms with E-state index in [1.165, 1.54) is 29.3 Å². The SMILES string of the molecule is CNc1snc(C)c1C(=O)NC[C@@H]1CCCN(Cc2cccs2)C1. The minimum Gasteiger partial charge on any atom is -0.378 e. The molecule has 0 aromatic carbocycles. The van der Waals surface area contributed by atoms with Gasteiger partial charge in [0.25, 0.3) is 5.91 Å². The number of nitrogens with one attached hydrogen (secondary N) is 2. The van der Waals surface area contributed by atoms with Gasteiger partial charge in [-0.1, -0.05) is 6.07 Å². The molecule has 0 bridgehead atoms. The van der Waals surface area contributed by atoms with E-state index < -0.39 is 0 Å². The van der Waals surface area contributed by atoms with E-state index in [-0.39, 0.29) is 5.91 Å². The van der Waals surface area contributed by atoms with E-state index in [2.05, 4.69) is 37.4 Å². The summed E-state index contributed by atoms with van der Waals surface area (Å²) >= 11 is 3.16. The van der Waals surface area contributed by atoms with Gasteiger partial charge in [0.15, 0.2) is 0 Å². The number of hydrogen-bond acceptors (Lipinski definition) is 6. The molecule has 2 N–H and O–H groups in total. The van der Waals surface area contributed by atoms with Crippen LogP contribution in [0.3, 0.4) is 0 Å². The highest BCUT2D eigenvalue weighted by molar-refractivity contribution is 7.10. The molecule has 2 aromatic rings. The molecular weight excluding hydrogens is 340 g/mol. The summed E-state index contributed by atoms with van der Waals surface area (Å²) in [5, 5.41) is 9.14. The first kappa shape index (κ1) is 17.4. The predicted molar refractivity (Wildman–Crippen MR) is 101 cm³/mol.